The van der Waals surface area contributed by atoms with Gasteiger partial charge in [0.25, 0.3) is 0 Å². The molecule has 0 bridgehead atoms. The number of carbonyl (C=O) groups excluding carboxylic acids is 1. The summed E-state index contributed by atoms with van der Waals surface area (Å²) >= 11 is 0. The number of nitrogens with one attached hydrogen (secondary N) is 2. The molecule has 0 amide bonds. The number of rotatable bonds is 7. The van der Waals surface area contributed by atoms with Gasteiger partial charge in [-0.25, -0.2) is 0 Å². The van der Waals surface area contributed by atoms with E-state index in [-0.39, 0.29) is 12.0 Å². The summed E-state index contributed by atoms with van der Waals surface area (Å²) in [5.41, 5.74) is 3.28. The first-order valence-corrected chi connectivity index (χ1v) is 8.11. The van der Waals surface area contributed by atoms with Crippen LogP contribution in [0, 0.1) is 0 Å². The molecule has 1 aromatic heterocycles. The van der Waals surface area contributed by atoms with Crippen molar-refractivity contribution in [2.45, 2.75) is 25.4 Å². The van der Waals surface area contributed by atoms with E-state index in [1.807, 2.05) is 48.7 Å². The molecule has 2 aromatic carbocycles. The lowest BCUT2D eigenvalue weighted by atomic mass is 9.93. The van der Waals surface area contributed by atoms with Crippen LogP contribution in [0.3, 0.4) is 0 Å². The predicted molar refractivity (Wildman–Crippen MR) is 96.4 cm³/mol. The van der Waals surface area contributed by atoms with Gasteiger partial charge >= 0.3 is 0 Å². The van der Waals surface area contributed by atoms with Gasteiger partial charge in [0.1, 0.15) is 12.0 Å². The first kappa shape index (κ1) is 16.3. The van der Waals surface area contributed by atoms with Crippen molar-refractivity contribution in [3.8, 4) is 5.75 Å². The fourth-order valence-electron chi connectivity index (χ4n) is 3.08. The van der Waals surface area contributed by atoms with E-state index in [1.165, 1.54) is 0 Å². The molecular formula is C20H22N2O2. The smallest absolute Gasteiger partial charge is 0.137 e. The van der Waals surface area contributed by atoms with E-state index in [0.717, 1.165) is 34.1 Å². The number of hydrogen-bond acceptors (Lipinski definition) is 3. The third-order valence-electron chi connectivity index (χ3n) is 4.52. The maximum Gasteiger partial charge on any atom is 0.137 e. The highest BCUT2D eigenvalue weighted by molar-refractivity contribution is 5.84. The topological polar surface area (TPSA) is 54.1 Å². The third-order valence-corrected chi connectivity index (χ3v) is 4.52. The summed E-state index contributed by atoms with van der Waals surface area (Å²) in [6, 6.07) is 15.7. The molecule has 4 heteroatoms. The third kappa shape index (κ3) is 3.19. The molecule has 124 valence electrons. The highest BCUT2D eigenvalue weighted by Gasteiger charge is 2.21. The van der Waals surface area contributed by atoms with E-state index in [0.29, 0.717) is 6.54 Å². The average molecular weight is 322 g/mol. The largest absolute Gasteiger partial charge is 0.496 e. The van der Waals surface area contributed by atoms with Crippen LogP contribution < -0.4 is 10.1 Å². The lowest BCUT2D eigenvalue weighted by Gasteiger charge is -2.20. The lowest BCUT2D eigenvalue weighted by molar-refractivity contribution is -0.110. The average Bonchev–Trinajstić information content (AvgIpc) is 3.06. The van der Waals surface area contributed by atoms with Crippen LogP contribution in [0.2, 0.25) is 0 Å². The van der Waals surface area contributed by atoms with Crippen LogP contribution in [0.1, 0.15) is 24.0 Å². The standard InChI is InChI=1S/C20H22N2O2/c1-14(17-12-22-18-9-5-4-8-16(17)18)19(13-23)21-11-15-7-3-6-10-20(15)24-2/h3-10,12-14,19,21-22H,11H2,1-2H3. The molecule has 0 fully saturated rings. The van der Waals surface area contributed by atoms with Crippen LogP contribution in [-0.4, -0.2) is 24.4 Å². The maximum atomic E-state index is 11.6. The fourth-order valence-corrected chi connectivity index (χ4v) is 3.08. The SMILES string of the molecule is COc1ccccc1CNC(C=O)C(C)c1c[nH]c2ccccc12. The van der Waals surface area contributed by atoms with Crippen molar-refractivity contribution in [1.29, 1.82) is 0 Å². The first-order valence-electron chi connectivity index (χ1n) is 8.11. The summed E-state index contributed by atoms with van der Waals surface area (Å²) in [4.78, 5) is 14.9. The molecule has 2 atom stereocenters. The fraction of sp³-hybridized carbons (Fsp3) is 0.250. The Balaban J connectivity index is 1.77. The van der Waals surface area contributed by atoms with Gasteiger partial charge in [-0.15, -0.1) is 0 Å². The number of para-hydroxylation sites is 2. The minimum Gasteiger partial charge on any atom is -0.496 e. The lowest BCUT2D eigenvalue weighted by Crippen LogP contribution is -2.34. The zero-order valence-electron chi connectivity index (χ0n) is 14.0. The maximum absolute atomic E-state index is 11.6. The number of ether oxygens (including phenoxy) is 1. The van der Waals surface area contributed by atoms with Gasteiger partial charge in [0.2, 0.25) is 0 Å². The summed E-state index contributed by atoms with van der Waals surface area (Å²) in [6.07, 6.45) is 2.98. The Kier molecular flexibility index (Phi) is 4.96. The van der Waals surface area contributed by atoms with E-state index < -0.39 is 0 Å². The molecular weight excluding hydrogens is 300 g/mol. The second-order valence-electron chi connectivity index (χ2n) is 5.93. The van der Waals surface area contributed by atoms with Gasteiger partial charge in [-0.05, 0) is 17.7 Å². The zero-order chi connectivity index (χ0) is 16.9. The monoisotopic (exact) mass is 322 g/mol. The quantitative estimate of drug-likeness (QED) is 0.653. The number of hydrogen-bond donors (Lipinski definition) is 2. The van der Waals surface area contributed by atoms with Gasteiger partial charge in [-0.1, -0.05) is 43.3 Å². The molecule has 0 radical (unpaired) electrons. The van der Waals surface area contributed by atoms with Crippen molar-refractivity contribution in [1.82, 2.24) is 10.3 Å². The number of fused-ring (bicyclic) bond motifs is 1. The van der Waals surface area contributed by atoms with Gasteiger partial charge in [0.15, 0.2) is 0 Å². The number of aromatic nitrogens is 1. The van der Waals surface area contributed by atoms with Crippen molar-refractivity contribution in [3.05, 3.63) is 65.9 Å². The van der Waals surface area contributed by atoms with E-state index in [9.17, 15) is 4.79 Å². The van der Waals surface area contributed by atoms with Gasteiger partial charge in [-0.3, -0.25) is 0 Å². The second-order valence-corrected chi connectivity index (χ2v) is 5.93. The summed E-state index contributed by atoms with van der Waals surface area (Å²) in [5, 5.41) is 4.51. The number of aldehydes is 1. The van der Waals surface area contributed by atoms with Crippen LogP contribution in [0.25, 0.3) is 10.9 Å². The number of carbonyl (C=O) groups is 1. The molecule has 0 saturated carbocycles. The highest BCUT2D eigenvalue weighted by Crippen LogP contribution is 2.27. The number of H-pyrrole nitrogens is 1. The molecule has 0 aliphatic heterocycles. The Hall–Kier alpha value is -2.59. The molecule has 2 N–H and O–H groups in total. The Morgan fingerprint density at radius 1 is 1.17 bits per heavy atom. The zero-order valence-corrected chi connectivity index (χ0v) is 14.0. The van der Waals surface area contributed by atoms with Crippen LogP contribution in [0.4, 0.5) is 0 Å². The molecule has 24 heavy (non-hydrogen) atoms. The molecule has 3 aromatic rings. The summed E-state index contributed by atoms with van der Waals surface area (Å²) in [5.74, 6) is 0.891. The molecule has 0 spiro atoms. The first-order chi connectivity index (χ1) is 11.7. The highest BCUT2D eigenvalue weighted by atomic mass is 16.5. The van der Waals surface area contributed by atoms with E-state index in [4.69, 9.17) is 4.74 Å². The van der Waals surface area contributed by atoms with Gasteiger partial charge < -0.3 is 19.8 Å². The number of aromatic amines is 1. The molecule has 1 heterocycles. The van der Waals surface area contributed by atoms with Crippen molar-refractivity contribution >= 4 is 17.2 Å². The second kappa shape index (κ2) is 7.32. The molecule has 3 rings (SSSR count). The van der Waals surface area contributed by atoms with Crippen LogP contribution in [-0.2, 0) is 11.3 Å². The Morgan fingerprint density at radius 2 is 1.92 bits per heavy atom. The minimum atomic E-state index is -0.269. The van der Waals surface area contributed by atoms with Crippen molar-refractivity contribution in [2.24, 2.45) is 0 Å². The molecule has 2 unspecified atom stereocenters. The molecule has 0 aliphatic rings. The predicted octanol–water partition coefficient (Wildman–Crippen LogP) is 3.64. The van der Waals surface area contributed by atoms with Gasteiger partial charge in [-0.2, -0.15) is 0 Å². The van der Waals surface area contributed by atoms with Crippen LogP contribution in [0.5, 0.6) is 5.75 Å². The van der Waals surface area contributed by atoms with Crippen LogP contribution >= 0.6 is 0 Å². The molecule has 0 aliphatic carbocycles. The normalized spacial score (nSPS) is 13.6. The van der Waals surface area contributed by atoms with Gasteiger partial charge in [0, 0.05) is 35.1 Å². The number of benzene rings is 2. The van der Waals surface area contributed by atoms with E-state index >= 15 is 0 Å². The Morgan fingerprint density at radius 3 is 2.71 bits per heavy atom. The van der Waals surface area contributed by atoms with E-state index in [2.05, 4.69) is 23.3 Å². The summed E-state index contributed by atoms with van der Waals surface area (Å²) < 4.78 is 5.37. The van der Waals surface area contributed by atoms with Crippen molar-refractivity contribution in [3.63, 3.8) is 0 Å². The van der Waals surface area contributed by atoms with Crippen molar-refractivity contribution < 1.29 is 9.53 Å². The molecule has 4 nitrogen and oxygen atoms in total. The van der Waals surface area contributed by atoms with Crippen LogP contribution in [0.15, 0.2) is 54.7 Å². The number of methoxy groups -OCH3 is 1. The van der Waals surface area contributed by atoms with E-state index in [1.54, 1.807) is 7.11 Å². The Labute approximate surface area is 141 Å². The molecule has 0 saturated heterocycles. The van der Waals surface area contributed by atoms with Crippen molar-refractivity contribution in [2.75, 3.05) is 7.11 Å². The minimum absolute atomic E-state index is 0.0633. The Bertz CT molecular complexity index is 825. The summed E-state index contributed by atoms with van der Waals surface area (Å²) in [7, 11) is 1.66. The summed E-state index contributed by atoms with van der Waals surface area (Å²) in [6.45, 7) is 2.66. The van der Waals surface area contributed by atoms with Gasteiger partial charge in [0.05, 0.1) is 13.2 Å².